The summed E-state index contributed by atoms with van der Waals surface area (Å²) in [6.07, 6.45) is -0.468. The Morgan fingerprint density at radius 1 is 1.38 bits per heavy atom. The molecule has 0 radical (unpaired) electrons. The van der Waals surface area contributed by atoms with Crippen molar-refractivity contribution in [3.63, 3.8) is 0 Å². The van der Waals surface area contributed by atoms with Crippen molar-refractivity contribution >= 4 is 0 Å². The van der Waals surface area contributed by atoms with Crippen molar-refractivity contribution < 1.29 is 14.5 Å². The van der Waals surface area contributed by atoms with E-state index >= 15 is 0 Å². The molecule has 0 spiro atoms. The molecule has 0 amide bonds. The molecule has 0 aliphatic heterocycles. The highest BCUT2D eigenvalue weighted by Gasteiger charge is 2.17. The second-order valence-electron chi connectivity index (χ2n) is 3.93. The zero-order valence-electron chi connectivity index (χ0n) is 9.22. The van der Waals surface area contributed by atoms with Gasteiger partial charge < -0.3 is 4.74 Å². The maximum Gasteiger partial charge on any atom is 0.212 e. The average molecular weight is 188 g/mol. The molecule has 0 fully saturated rings. The van der Waals surface area contributed by atoms with Crippen LogP contribution in [0.25, 0.3) is 0 Å². The predicted molar refractivity (Wildman–Crippen MR) is 52.2 cm³/mol. The average Bonchev–Trinajstić information content (AvgIpc) is 1.95. The SMILES string of the molecule is C=C(C)C(OCC)OOC(C)(C)C. The molecule has 1 atom stereocenters. The quantitative estimate of drug-likeness (QED) is 0.287. The van der Waals surface area contributed by atoms with Crippen LogP contribution in [-0.2, 0) is 14.5 Å². The lowest BCUT2D eigenvalue weighted by Gasteiger charge is -2.23. The minimum atomic E-state index is -0.468. The van der Waals surface area contributed by atoms with Crippen molar-refractivity contribution in [2.24, 2.45) is 0 Å². The van der Waals surface area contributed by atoms with Crippen molar-refractivity contribution in [2.45, 2.75) is 46.5 Å². The molecular weight excluding hydrogens is 168 g/mol. The van der Waals surface area contributed by atoms with E-state index in [1.54, 1.807) is 0 Å². The summed E-state index contributed by atoms with van der Waals surface area (Å²) in [7, 11) is 0. The van der Waals surface area contributed by atoms with E-state index in [1.165, 1.54) is 0 Å². The van der Waals surface area contributed by atoms with E-state index < -0.39 is 6.29 Å². The molecule has 1 unspecified atom stereocenters. The standard InChI is InChI=1S/C10H20O3/c1-7-11-9(8(2)3)12-13-10(4,5)6/h9H,2,7H2,1,3-6H3. The molecule has 78 valence electrons. The molecule has 0 saturated heterocycles. The van der Waals surface area contributed by atoms with E-state index in [-0.39, 0.29) is 5.60 Å². The second-order valence-corrected chi connectivity index (χ2v) is 3.93. The van der Waals surface area contributed by atoms with Gasteiger partial charge in [0.25, 0.3) is 0 Å². The Labute approximate surface area is 80.6 Å². The van der Waals surface area contributed by atoms with Gasteiger partial charge in [0, 0.05) is 6.61 Å². The largest absolute Gasteiger partial charge is 0.347 e. The minimum Gasteiger partial charge on any atom is -0.347 e. The minimum absolute atomic E-state index is 0.329. The van der Waals surface area contributed by atoms with Crippen LogP contribution in [0.3, 0.4) is 0 Å². The number of rotatable bonds is 5. The van der Waals surface area contributed by atoms with Gasteiger partial charge in [0.15, 0.2) is 0 Å². The van der Waals surface area contributed by atoms with Crippen LogP contribution in [0.1, 0.15) is 34.6 Å². The van der Waals surface area contributed by atoms with Gasteiger partial charge in [-0.2, -0.15) is 4.89 Å². The molecule has 3 heteroatoms. The first kappa shape index (κ1) is 12.6. The summed E-state index contributed by atoms with van der Waals surface area (Å²) in [6.45, 7) is 13.8. The molecule has 0 aliphatic carbocycles. The van der Waals surface area contributed by atoms with Gasteiger partial charge in [0.1, 0.15) is 0 Å². The molecule has 13 heavy (non-hydrogen) atoms. The van der Waals surface area contributed by atoms with Gasteiger partial charge in [-0.1, -0.05) is 6.58 Å². The molecule has 0 saturated carbocycles. The van der Waals surface area contributed by atoms with E-state index in [9.17, 15) is 0 Å². The molecule has 0 bridgehead atoms. The third kappa shape index (κ3) is 6.75. The summed E-state index contributed by atoms with van der Waals surface area (Å²) in [5.41, 5.74) is 0.469. The van der Waals surface area contributed by atoms with Crippen LogP contribution in [0.15, 0.2) is 12.2 Å². The lowest BCUT2D eigenvalue weighted by atomic mass is 10.2. The maximum absolute atomic E-state index is 5.25. The Kier molecular flexibility index (Phi) is 5.21. The first-order valence-electron chi connectivity index (χ1n) is 4.48. The lowest BCUT2D eigenvalue weighted by Crippen LogP contribution is -2.26. The van der Waals surface area contributed by atoms with Crippen LogP contribution in [0.5, 0.6) is 0 Å². The van der Waals surface area contributed by atoms with Crippen LogP contribution in [0.4, 0.5) is 0 Å². The van der Waals surface area contributed by atoms with Gasteiger partial charge in [-0.3, -0.25) is 0 Å². The van der Waals surface area contributed by atoms with Crippen molar-refractivity contribution in [1.82, 2.24) is 0 Å². The van der Waals surface area contributed by atoms with E-state index in [4.69, 9.17) is 14.5 Å². The Morgan fingerprint density at radius 3 is 2.23 bits per heavy atom. The highest BCUT2D eigenvalue weighted by atomic mass is 17.2. The summed E-state index contributed by atoms with van der Waals surface area (Å²) in [6, 6.07) is 0. The summed E-state index contributed by atoms with van der Waals surface area (Å²) in [4.78, 5) is 10.2. The monoisotopic (exact) mass is 188 g/mol. The fraction of sp³-hybridized carbons (Fsp3) is 0.800. The first-order valence-corrected chi connectivity index (χ1v) is 4.48. The van der Waals surface area contributed by atoms with Crippen LogP contribution in [0.2, 0.25) is 0 Å². The van der Waals surface area contributed by atoms with Gasteiger partial charge in [-0.15, -0.1) is 0 Å². The predicted octanol–water partition coefficient (Wildman–Crippen LogP) is 2.67. The molecule has 0 aromatic rings. The highest BCUT2D eigenvalue weighted by Crippen LogP contribution is 2.13. The molecule has 0 heterocycles. The van der Waals surface area contributed by atoms with Crippen molar-refractivity contribution in [3.05, 3.63) is 12.2 Å². The number of hydrogen-bond acceptors (Lipinski definition) is 3. The molecule has 0 aromatic carbocycles. The number of ether oxygens (including phenoxy) is 1. The van der Waals surface area contributed by atoms with E-state index in [1.807, 2.05) is 34.6 Å². The van der Waals surface area contributed by atoms with E-state index in [2.05, 4.69) is 6.58 Å². The van der Waals surface area contributed by atoms with Crippen molar-refractivity contribution in [1.29, 1.82) is 0 Å². The fourth-order valence-corrected chi connectivity index (χ4v) is 0.592. The fourth-order valence-electron chi connectivity index (χ4n) is 0.592. The van der Waals surface area contributed by atoms with E-state index in [0.29, 0.717) is 6.61 Å². The van der Waals surface area contributed by atoms with E-state index in [0.717, 1.165) is 5.57 Å². The van der Waals surface area contributed by atoms with Gasteiger partial charge in [0.05, 0.1) is 5.60 Å². The number of hydrogen-bond donors (Lipinski definition) is 0. The zero-order valence-corrected chi connectivity index (χ0v) is 9.22. The smallest absolute Gasteiger partial charge is 0.212 e. The third-order valence-electron chi connectivity index (χ3n) is 1.11. The van der Waals surface area contributed by atoms with Gasteiger partial charge in [-0.05, 0) is 40.2 Å². The molecule has 3 nitrogen and oxygen atoms in total. The van der Waals surface area contributed by atoms with Crippen LogP contribution in [-0.4, -0.2) is 18.5 Å². The zero-order chi connectivity index (χ0) is 10.5. The lowest BCUT2D eigenvalue weighted by molar-refractivity contribution is -0.406. The van der Waals surface area contributed by atoms with Gasteiger partial charge in [-0.25, -0.2) is 4.89 Å². The Hall–Kier alpha value is -0.380. The molecule has 0 N–H and O–H groups in total. The first-order chi connectivity index (χ1) is 5.87. The Bertz CT molecular complexity index is 158. The Balaban J connectivity index is 3.90. The normalized spacial score (nSPS) is 14.2. The van der Waals surface area contributed by atoms with Crippen molar-refractivity contribution in [2.75, 3.05) is 6.61 Å². The van der Waals surface area contributed by atoms with Gasteiger partial charge >= 0.3 is 0 Å². The topological polar surface area (TPSA) is 27.7 Å². The third-order valence-corrected chi connectivity index (χ3v) is 1.11. The summed E-state index contributed by atoms with van der Waals surface area (Å²) < 4.78 is 5.25. The van der Waals surface area contributed by atoms with Crippen molar-refractivity contribution in [3.8, 4) is 0 Å². The summed E-state index contributed by atoms with van der Waals surface area (Å²) in [5, 5.41) is 0. The molecule has 0 aliphatic rings. The maximum atomic E-state index is 5.25. The second kappa shape index (κ2) is 5.37. The molecular formula is C10H20O3. The van der Waals surface area contributed by atoms with Crippen LogP contribution >= 0.6 is 0 Å². The summed E-state index contributed by atoms with van der Waals surface area (Å²) >= 11 is 0. The Morgan fingerprint density at radius 2 is 1.92 bits per heavy atom. The van der Waals surface area contributed by atoms with Gasteiger partial charge in [0.2, 0.25) is 6.29 Å². The van der Waals surface area contributed by atoms with Crippen LogP contribution < -0.4 is 0 Å². The summed E-state index contributed by atoms with van der Waals surface area (Å²) in [5.74, 6) is 0. The van der Waals surface area contributed by atoms with Crippen LogP contribution in [0, 0.1) is 0 Å². The molecule has 0 rings (SSSR count). The highest BCUT2D eigenvalue weighted by molar-refractivity contribution is 4.92. The molecule has 0 aromatic heterocycles.